The number of hydrogen-bond acceptors (Lipinski definition) is 2. The lowest BCUT2D eigenvalue weighted by molar-refractivity contribution is -0.342. The summed E-state index contributed by atoms with van der Waals surface area (Å²) in [5, 5.41) is 0. The quantitative estimate of drug-likeness (QED) is 0.244. The Balaban J connectivity index is 1.99. The van der Waals surface area contributed by atoms with E-state index in [0.29, 0.717) is 5.92 Å². The van der Waals surface area contributed by atoms with Gasteiger partial charge in [0.2, 0.25) is 0 Å². The molecule has 0 aromatic heterocycles. The van der Waals surface area contributed by atoms with E-state index in [1.165, 1.54) is 109 Å². The molecule has 2 aliphatic carbocycles. The standard InChI is InChI=1S/C26H50O2/c1-6-7-8-9-10-13-18-23(2)26(5,27-24(3)19-14-11-15-20-24)28-25(4)21-16-12-17-22-25/h23H,6-22H2,1-5H3. The Labute approximate surface area is 176 Å². The number of unbranched alkanes of at least 4 members (excludes halogenated alkanes) is 5. The molecule has 1 unspecified atom stereocenters. The summed E-state index contributed by atoms with van der Waals surface area (Å²) >= 11 is 0. The number of rotatable bonds is 12. The molecule has 0 aromatic rings. The fourth-order valence-corrected chi connectivity index (χ4v) is 5.50. The summed E-state index contributed by atoms with van der Waals surface area (Å²) in [6.07, 6.45) is 22.0. The maximum absolute atomic E-state index is 6.97. The van der Waals surface area contributed by atoms with Crippen molar-refractivity contribution in [2.75, 3.05) is 0 Å². The lowest BCUT2D eigenvalue weighted by Crippen LogP contribution is -2.52. The Morgan fingerprint density at radius 1 is 0.714 bits per heavy atom. The van der Waals surface area contributed by atoms with Crippen molar-refractivity contribution >= 4 is 0 Å². The van der Waals surface area contributed by atoms with E-state index < -0.39 is 5.79 Å². The average Bonchev–Trinajstić information content (AvgIpc) is 2.64. The van der Waals surface area contributed by atoms with E-state index in [0.717, 1.165) is 0 Å². The summed E-state index contributed by atoms with van der Waals surface area (Å²) in [6.45, 7) is 11.6. The van der Waals surface area contributed by atoms with Gasteiger partial charge in [-0.05, 0) is 52.9 Å². The third kappa shape index (κ3) is 7.63. The Bertz CT molecular complexity index is 392. The van der Waals surface area contributed by atoms with Gasteiger partial charge in [-0.15, -0.1) is 0 Å². The fourth-order valence-electron chi connectivity index (χ4n) is 5.50. The van der Waals surface area contributed by atoms with Crippen molar-refractivity contribution in [3.05, 3.63) is 0 Å². The topological polar surface area (TPSA) is 18.5 Å². The van der Waals surface area contributed by atoms with E-state index in [9.17, 15) is 0 Å². The van der Waals surface area contributed by atoms with Gasteiger partial charge in [0.15, 0.2) is 5.79 Å². The molecule has 0 heterocycles. The van der Waals surface area contributed by atoms with Crippen LogP contribution in [-0.4, -0.2) is 17.0 Å². The molecule has 0 aliphatic heterocycles. The monoisotopic (exact) mass is 394 g/mol. The summed E-state index contributed by atoms with van der Waals surface area (Å²) < 4.78 is 13.9. The highest BCUT2D eigenvalue weighted by atomic mass is 16.7. The van der Waals surface area contributed by atoms with Crippen LogP contribution < -0.4 is 0 Å². The molecule has 2 aliphatic rings. The lowest BCUT2D eigenvalue weighted by atomic mass is 9.83. The van der Waals surface area contributed by atoms with Crippen LogP contribution in [0.3, 0.4) is 0 Å². The highest BCUT2D eigenvalue weighted by molar-refractivity contribution is 4.88. The van der Waals surface area contributed by atoms with Crippen LogP contribution in [0.5, 0.6) is 0 Å². The SMILES string of the molecule is CCCCCCCCC(C)C(C)(OC1(C)CCCCC1)OC1(C)CCCCC1. The predicted octanol–water partition coefficient (Wildman–Crippen LogP) is 8.57. The van der Waals surface area contributed by atoms with Crippen LogP contribution in [0, 0.1) is 5.92 Å². The van der Waals surface area contributed by atoms with Crippen molar-refractivity contribution in [1.82, 2.24) is 0 Å². The van der Waals surface area contributed by atoms with Crippen LogP contribution in [0.1, 0.15) is 144 Å². The van der Waals surface area contributed by atoms with Crippen molar-refractivity contribution in [1.29, 1.82) is 0 Å². The van der Waals surface area contributed by atoms with Gasteiger partial charge in [-0.25, -0.2) is 0 Å². The van der Waals surface area contributed by atoms with E-state index >= 15 is 0 Å². The molecule has 166 valence electrons. The first kappa shape index (κ1) is 24.2. The zero-order valence-corrected chi connectivity index (χ0v) is 19.9. The van der Waals surface area contributed by atoms with Crippen molar-refractivity contribution < 1.29 is 9.47 Å². The Morgan fingerprint density at radius 3 is 1.61 bits per heavy atom. The third-order valence-electron chi connectivity index (χ3n) is 7.61. The molecule has 0 bridgehead atoms. The van der Waals surface area contributed by atoms with E-state index in [2.05, 4.69) is 34.6 Å². The summed E-state index contributed by atoms with van der Waals surface area (Å²) in [5.74, 6) is -0.0158. The van der Waals surface area contributed by atoms with Crippen molar-refractivity contribution in [3.8, 4) is 0 Å². The molecule has 0 radical (unpaired) electrons. The molecule has 2 heteroatoms. The minimum absolute atomic E-state index is 0.00654. The van der Waals surface area contributed by atoms with Gasteiger partial charge < -0.3 is 9.47 Å². The molecule has 0 saturated heterocycles. The van der Waals surface area contributed by atoms with E-state index in [1.54, 1.807) is 0 Å². The highest BCUT2D eigenvalue weighted by Crippen LogP contribution is 2.43. The molecular weight excluding hydrogens is 344 g/mol. The van der Waals surface area contributed by atoms with Gasteiger partial charge in [0.05, 0.1) is 11.2 Å². The predicted molar refractivity (Wildman–Crippen MR) is 121 cm³/mol. The molecule has 0 amide bonds. The van der Waals surface area contributed by atoms with Gasteiger partial charge in [0.25, 0.3) is 0 Å². The number of hydrogen-bond donors (Lipinski definition) is 0. The second-order valence-corrected chi connectivity index (χ2v) is 10.7. The maximum Gasteiger partial charge on any atom is 0.169 e. The average molecular weight is 395 g/mol. The van der Waals surface area contributed by atoms with Crippen LogP contribution in [0.4, 0.5) is 0 Å². The van der Waals surface area contributed by atoms with Crippen molar-refractivity contribution in [2.45, 2.75) is 161 Å². The van der Waals surface area contributed by atoms with Crippen LogP contribution in [0.2, 0.25) is 0 Å². The summed E-state index contributed by atoms with van der Waals surface area (Å²) in [6, 6.07) is 0. The van der Waals surface area contributed by atoms with Gasteiger partial charge in [-0.2, -0.15) is 0 Å². The molecule has 2 rings (SSSR count). The molecular formula is C26H50O2. The Hall–Kier alpha value is -0.0800. The van der Waals surface area contributed by atoms with E-state index in [4.69, 9.17) is 9.47 Å². The van der Waals surface area contributed by atoms with Gasteiger partial charge in [0, 0.05) is 5.92 Å². The minimum Gasteiger partial charge on any atom is -0.344 e. The molecule has 0 spiro atoms. The second kappa shape index (κ2) is 11.3. The molecule has 28 heavy (non-hydrogen) atoms. The Kier molecular flexibility index (Phi) is 9.81. The number of ether oxygens (including phenoxy) is 2. The summed E-state index contributed by atoms with van der Waals surface area (Å²) in [4.78, 5) is 0. The summed E-state index contributed by atoms with van der Waals surface area (Å²) in [5.41, 5.74) is -0.0131. The summed E-state index contributed by atoms with van der Waals surface area (Å²) in [7, 11) is 0. The van der Waals surface area contributed by atoms with Gasteiger partial charge in [-0.3, -0.25) is 0 Å². The smallest absolute Gasteiger partial charge is 0.169 e. The van der Waals surface area contributed by atoms with Crippen LogP contribution >= 0.6 is 0 Å². The zero-order valence-electron chi connectivity index (χ0n) is 19.9. The first-order chi connectivity index (χ1) is 13.3. The van der Waals surface area contributed by atoms with Gasteiger partial charge in [0.1, 0.15) is 0 Å². The molecule has 1 atom stereocenters. The highest BCUT2D eigenvalue weighted by Gasteiger charge is 2.45. The third-order valence-corrected chi connectivity index (χ3v) is 7.61. The normalized spacial score (nSPS) is 23.5. The van der Waals surface area contributed by atoms with Crippen molar-refractivity contribution in [3.63, 3.8) is 0 Å². The molecule has 2 fully saturated rings. The molecule has 2 nitrogen and oxygen atoms in total. The van der Waals surface area contributed by atoms with E-state index in [-0.39, 0.29) is 11.2 Å². The minimum atomic E-state index is -0.457. The van der Waals surface area contributed by atoms with Gasteiger partial charge >= 0.3 is 0 Å². The lowest BCUT2D eigenvalue weighted by Gasteiger charge is -2.49. The second-order valence-electron chi connectivity index (χ2n) is 10.7. The zero-order chi connectivity index (χ0) is 20.5. The van der Waals surface area contributed by atoms with Gasteiger partial charge in [-0.1, -0.05) is 90.9 Å². The molecule has 2 saturated carbocycles. The Morgan fingerprint density at radius 2 is 1.14 bits per heavy atom. The van der Waals surface area contributed by atoms with Crippen LogP contribution in [0.25, 0.3) is 0 Å². The molecule has 0 N–H and O–H groups in total. The maximum atomic E-state index is 6.97. The van der Waals surface area contributed by atoms with Crippen LogP contribution in [0.15, 0.2) is 0 Å². The fraction of sp³-hybridized carbons (Fsp3) is 1.00. The van der Waals surface area contributed by atoms with Crippen molar-refractivity contribution in [2.24, 2.45) is 5.92 Å². The first-order valence-electron chi connectivity index (χ1n) is 12.7. The van der Waals surface area contributed by atoms with E-state index in [1.807, 2.05) is 0 Å². The van der Waals surface area contributed by atoms with Crippen LogP contribution in [-0.2, 0) is 9.47 Å². The first-order valence-corrected chi connectivity index (χ1v) is 12.7. The molecule has 0 aromatic carbocycles. The largest absolute Gasteiger partial charge is 0.344 e.